The van der Waals surface area contributed by atoms with Crippen molar-refractivity contribution in [3.8, 4) is 0 Å². The molecule has 0 N–H and O–H groups in total. The first-order valence-corrected chi connectivity index (χ1v) is 6.52. The third-order valence-electron chi connectivity index (χ3n) is 2.52. The zero-order chi connectivity index (χ0) is 11.2. The maximum atomic E-state index is 3.75. The number of rotatable bonds is 10. The zero-order valence-corrected chi connectivity index (χ0v) is 10.4. The fraction of sp³-hybridized carbons (Fsp3) is 0.667. The quantitative estimate of drug-likeness (QED) is 0.329. The second kappa shape index (κ2) is 13.5. The summed E-state index contributed by atoms with van der Waals surface area (Å²) in [5.41, 5.74) is 0. The predicted octanol–water partition coefficient (Wildman–Crippen LogP) is 5.46. The van der Waals surface area contributed by atoms with E-state index in [1.807, 2.05) is 0 Å². The van der Waals surface area contributed by atoms with E-state index in [9.17, 15) is 0 Å². The lowest BCUT2D eigenvalue weighted by Gasteiger charge is -1.98. The molecular formula is C15H27. The van der Waals surface area contributed by atoms with Crippen molar-refractivity contribution < 1.29 is 0 Å². The molecule has 0 bridgehead atoms. The normalized spacial score (nSPS) is 11.9. The van der Waals surface area contributed by atoms with Crippen LogP contribution in [0.2, 0.25) is 0 Å². The summed E-state index contributed by atoms with van der Waals surface area (Å²) in [7, 11) is 0. The van der Waals surface area contributed by atoms with Gasteiger partial charge in [0.15, 0.2) is 0 Å². The molecule has 0 saturated carbocycles. The third-order valence-corrected chi connectivity index (χ3v) is 2.52. The van der Waals surface area contributed by atoms with Gasteiger partial charge in [0.05, 0.1) is 0 Å². The number of hydrogen-bond acceptors (Lipinski definition) is 0. The highest BCUT2D eigenvalue weighted by Crippen LogP contribution is 2.08. The number of hydrogen-bond donors (Lipinski definition) is 0. The molecule has 0 saturated heterocycles. The summed E-state index contributed by atoms with van der Waals surface area (Å²) >= 11 is 0. The fourth-order valence-corrected chi connectivity index (χ4v) is 1.57. The minimum absolute atomic E-state index is 0.891. The number of unbranched alkanes of at least 4 members (excludes halogenated alkanes) is 7. The van der Waals surface area contributed by atoms with E-state index in [2.05, 4.69) is 38.2 Å². The Hall–Kier alpha value is -0.520. The monoisotopic (exact) mass is 207 g/mol. The van der Waals surface area contributed by atoms with Crippen molar-refractivity contribution in [2.45, 2.75) is 64.7 Å². The molecule has 0 amide bonds. The molecule has 1 radical (unpaired) electrons. The van der Waals surface area contributed by atoms with E-state index < -0.39 is 0 Å². The molecule has 0 aromatic heterocycles. The van der Waals surface area contributed by atoms with E-state index in [0.717, 1.165) is 6.42 Å². The van der Waals surface area contributed by atoms with Crippen LogP contribution < -0.4 is 0 Å². The first-order chi connectivity index (χ1) is 7.41. The van der Waals surface area contributed by atoms with Crippen LogP contribution in [0.3, 0.4) is 0 Å². The van der Waals surface area contributed by atoms with Gasteiger partial charge < -0.3 is 0 Å². The van der Waals surface area contributed by atoms with Gasteiger partial charge in [-0.2, -0.15) is 0 Å². The van der Waals surface area contributed by atoms with Gasteiger partial charge in [0.2, 0.25) is 0 Å². The fourth-order valence-electron chi connectivity index (χ4n) is 1.57. The molecule has 0 aliphatic carbocycles. The van der Waals surface area contributed by atoms with E-state index in [1.165, 1.54) is 51.4 Å². The van der Waals surface area contributed by atoms with Crippen LogP contribution in [0.1, 0.15) is 64.7 Å². The molecule has 15 heavy (non-hydrogen) atoms. The Morgan fingerprint density at radius 1 is 0.800 bits per heavy atom. The van der Waals surface area contributed by atoms with Crippen LogP contribution in [0, 0.1) is 6.92 Å². The first-order valence-electron chi connectivity index (χ1n) is 6.52. The molecular weight excluding hydrogens is 180 g/mol. The Balaban J connectivity index is 3.04. The Bertz CT molecular complexity index is 153. The van der Waals surface area contributed by atoms with Gasteiger partial charge in [-0.05, 0) is 26.2 Å². The molecule has 87 valence electrons. The molecule has 0 atom stereocenters. The van der Waals surface area contributed by atoms with Crippen molar-refractivity contribution in [2.75, 3.05) is 0 Å². The van der Waals surface area contributed by atoms with Crippen LogP contribution in [0.5, 0.6) is 0 Å². The molecule has 0 rings (SSSR count). The number of allylic oxidation sites excluding steroid dienone is 4. The Morgan fingerprint density at radius 2 is 1.40 bits per heavy atom. The van der Waals surface area contributed by atoms with E-state index in [-0.39, 0.29) is 0 Å². The van der Waals surface area contributed by atoms with Gasteiger partial charge in [-0.1, -0.05) is 69.8 Å². The summed E-state index contributed by atoms with van der Waals surface area (Å²) < 4.78 is 0. The van der Waals surface area contributed by atoms with E-state index in [1.54, 1.807) is 0 Å². The highest BCUT2D eigenvalue weighted by atomic mass is 13.9. The minimum Gasteiger partial charge on any atom is -0.0845 e. The van der Waals surface area contributed by atoms with E-state index in [4.69, 9.17) is 0 Å². The summed E-state index contributed by atoms with van der Waals surface area (Å²) in [6.45, 7) is 6.02. The zero-order valence-electron chi connectivity index (χ0n) is 10.4. The summed E-state index contributed by atoms with van der Waals surface area (Å²) in [5, 5.41) is 0. The van der Waals surface area contributed by atoms with Crippen LogP contribution in [0.15, 0.2) is 24.3 Å². The lowest BCUT2D eigenvalue weighted by molar-refractivity contribution is 0.592. The van der Waals surface area contributed by atoms with E-state index in [0.29, 0.717) is 0 Å². The largest absolute Gasteiger partial charge is 0.0845 e. The smallest absolute Gasteiger partial charge is 0.0347 e. The van der Waals surface area contributed by atoms with Crippen molar-refractivity contribution in [2.24, 2.45) is 0 Å². The molecule has 0 unspecified atom stereocenters. The van der Waals surface area contributed by atoms with Crippen molar-refractivity contribution in [3.05, 3.63) is 31.2 Å². The van der Waals surface area contributed by atoms with Gasteiger partial charge in [0.1, 0.15) is 0 Å². The molecule has 0 nitrogen and oxygen atoms in total. The van der Waals surface area contributed by atoms with Crippen LogP contribution in [-0.2, 0) is 0 Å². The van der Waals surface area contributed by atoms with Crippen molar-refractivity contribution >= 4 is 0 Å². The van der Waals surface area contributed by atoms with Gasteiger partial charge in [-0.15, -0.1) is 0 Å². The maximum absolute atomic E-state index is 3.75. The first kappa shape index (κ1) is 14.5. The second-order valence-electron chi connectivity index (χ2n) is 4.05. The molecule has 0 fully saturated rings. The summed E-state index contributed by atoms with van der Waals surface area (Å²) in [4.78, 5) is 0. The second-order valence-corrected chi connectivity index (χ2v) is 4.05. The van der Waals surface area contributed by atoms with Gasteiger partial charge in [0, 0.05) is 0 Å². The van der Waals surface area contributed by atoms with Crippen LogP contribution in [-0.4, -0.2) is 0 Å². The predicted molar refractivity (Wildman–Crippen MR) is 70.9 cm³/mol. The highest BCUT2D eigenvalue weighted by Gasteiger charge is 1.88. The molecule has 0 aliphatic rings. The van der Waals surface area contributed by atoms with Gasteiger partial charge >= 0.3 is 0 Å². The maximum Gasteiger partial charge on any atom is -0.0347 e. The van der Waals surface area contributed by atoms with Gasteiger partial charge in [0.25, 0.3) is 0 Å². The van der Waals surface area contributed by atoms with Crippen LogP contribution in [0.4, 0.5) is 0 Å². The minimum atomic E-state index is 0.891. The van der Waals surface area contributed by atoms with Crippen molar-refractivity contribution in [1.29, 1.82) is 0 Å². The summed E-state index contributed by atoms with van der Waals surface area (Å²) in [5.74, 6) is 0. The Labute approximate surface area is 96.5 Å². The third kappa shape index (κ3) is 13.5. The average molecular weight is 207 g/mol. The lowest BCUT2D eigenvalue weighted by atomic mass is 10.1. The van der Waals surface area contributed by atoms with Crippen molar-refractivity contribution in [3.63, 3.8) is 0 Å². The summed E-state index contributed by atoms with van der Waals surface area (Å²) in [6.07, 6.45) is 20.5. The molecule has 0 heteroatoms. The van der Waals surface area contributed by atoms with Gasteiger partial charge in [-0.25, -0.2) is 0 Å². The lowest BCUT2D eigenvalue weighted by Crippen LogP contribution is -1.78. The van der Waals surface area contributed by atoms with Crippen LogP contribution in [0.25, 0.3) is 0 Å². The summed E-state index contributed by atoms with van der Waals surface area (Å²) in [6, 6.07) is 0. The average Bonchev–Trinajstić information content (AvgIpc) is 2.26. The molecule has 0 aromatic carbocycles. The van der Waals surface area contributed by atoms with Crippen molar-refractivity contribution in [1.82, 2.24) is 0 Å². The van der Waals surface area contributed by atoms with E-state index >= 15 is 0 Å². The van der Waals surface area contributed by atoms with Crippen LogP contribution >= 0.6 is 0 Å². The molecule has 0 heterocycles. The highest BCUT2D eigenvalue weighted by molar-refractivity contribution is 5.02. The molecule has 0 aliphatic heterocycles. The Kier molecular flexibility index (Phi) is 13.0. The SMILES string of the molecule is [CH2]CC=CC=CCCCCCCCCC. The molecule has 0 spiro atoms. The van der Waals surface area contributed by atoms with Gasteiger partial charge in [-0.3, -0.25) is 0 Å². The Morgan fingerprint density at radius 3 is 2.07 bits per heavy atom. The molecule has 0 aromatic rings. The topological polar surface area (TPSA) is 0 Å². The standard InChI is InChI=1S/C15H27/c1-3-5-7-9-11-13-15-14-12-10-8-6-4-2/h5,7,9,11H,1,3-4,6,8,10,12-15H2,2H3.